The summed E-state index contributed by atoms with van der Waals surface area (Å²) in [6, 6.07) is 4.39. The highest BCUT2D eigenvalue weighted by molar-refractivity contribution is 5.97. The summed E-state index contributed by atoms with van der Waals surface area (Å²) in [4.78, 5) is 43.4. The van der Waals surface area contributed by atoms with Crippen molar-refractivity contribution in [2.75, 3.05) is 31.6 Å². The van der Waals surface area contributed by atoms with Gasteiger partial charge in [0, 0.05) is 25.0 Å². The number of amides is 2. The van der Waals surface area contributed by atoms with Crippen LogP contribution in [0, 0.1) is 5.92 Å². The van der Waals surface area contributed by atoms with Crippen LogP contribution < -0.4 is 20.7 Å². The Morgan fingerprint density at radius 2 is 1.88 bits per heavy atom. The molecule has 2 amide bonds. The van der Waals surface area contributed by atoms with Gasteiger partial charge < -0.3 is 35.6 Å². The maximum absolute atomic E-state index is 12.3. The van der Waals surface area contributed by atoms with Gasteiger partial charge in [-0.1, -0.05) is 13.8 Å². The number of ether oxygens (including phenoxy) is 2. The molecule has 0 spiro atoms. The molecule has 1 heterocycles. The minimum atomic E-state index is -1.40. The highest BCUT2D eigenvalue weighted by atomic mass is 16.5. The molecule has 0 bridgehead atoms. The van der Waals surface area contributed by atoms with E-state index >= 15 is 0 Å². The van der Waals surface area contributed by atoms with Gasteiger partial charge in [-0.2, -0.15) is 0 Å². The van der Waals surface area contributed by atoms with E-state index in [1.54, 1.807) is 18.5 Å². The summed E-state index contributed by atoms with van der Waals surface area (Å²) < 4.78 is 10.4. The number of phenols is 1. The number of aromatic nitrogens is 2. The molecule has 5 N–H and O–H groups in total. The molecule has 2 rings (SSSR count). The summed E-state index contributed by atoms with van der Waals surface area (Å²) in [7, 11) is 0. The van der Waals surface area contributed by atoms with Crippen molar-refractivity contribution < 1.29 is 34.1 Å². The predicted octanol–water partition coefficient (Wildman–Crippen LogP) is 1.24. The molecule has 0 aliphatic rings. The van der Waals surface area contributed by atoms with E-state index in [0.29, 0.717) is 18.2 Å². The van der Waals surface area contributed by atoms with Crippen LogP contribution in [0.25, 0.3) is 0 Å². The Kier molecular flexibility index (Phi) is 9.68. The molecule has 0 saturated carbocycles. The van der Waals surface area contributed by atoms with Gasteiger partial charge in [0.05, 0.1) is 18.7 Å². The van der Waals surface area contributed by atoms with Crippen LogP contribution in [-0.2, 0) is 9.53 Å². The Morgan fingerprint density at radius 3 is 2.52 bits per heavy atom. The number of rotatable bonds is 12. The molecule has 12 heteroatoms. The summed E-state index contributed by atoms with van der Waals surface area (Å²) in [5, 5.41) is 26.9. The van der Waals surface area contributed by atoms with Crippen molar-refractivity contribution in [3.8, 4) is 11.5 Å². The number of hydrogen-bond donors (Lipinski definition) is 5. The molecule has 33 heavy (non-hydrogen) atoms. The number of carboxylic acid groups (broad SMARTS) is 1. The number of phenolic OH excluding ortho intramolecular Hbond substituents is 1. The Bertz CT molecular complexity index is 940. The molecule has 12 nitrogen and oxygen atoms in total. The zero-order valence-electron chi connectivity index (χ0n) is 18.3. The average molecular weight is 461 g/mol. The molecule has 178 valence electrons. The van der Waals surface area contributed by atoms with E-state index in [1.807, 2.05) is 13.8 Å². The van der Waals surface area contributed by atoms with E-state index in [0.717, 1.165) is 0 Å². The monoisotopic (exact) mass is 461 g/mol. The second kappa shape index (κ2) is 12.7. The van der Waals surface area contributed by atoms with Crippen molar-refractivity contribution in [2.45, 2.75) is 19.9 Å². The number of benzene rings is 1. The molecule has 1 aromatic carbocycles. The first-order valence-electron chi connectivity index (χ1n) is 10.2. The quantitative estimate of drug-likeness (QED) is 0.289. The highest BCUT2D eigenvalue weighted by Crippen LogP contribution is 2.23. The minimum Gasteiger partial charge on any atom is -0.507 e. The number of carboxylic acids is 1. The van der Waals surface area contributed by atoms with Gasteiger partial charge in [0.25, 0.3) is 5.91 Å². The summed E-state index contributed by atoms with van der Waals surface area (Å²) in [5.41, 5.74) is -0.0790. The fraction of sp³-hybridized carbons (Fsp3) is 0.381. The minimum absolute atomic E-state index is 0.0790. The zero-order chi connectivity index (χ0) is 24.2. The van der Waals surface area contributed by atoms with Gasteiger partial charge in [-0.3, -0.25) is 4.79 Å². The molecular weight excluding hydrogens is 434 g/mol. The molecular formula is C21H27N5O7. The van der Waals surface area contributed by atoms with E-state index in [9.17, 15) is 24.6 Å². The SMILES string of the molecule is CC(C)COC(=O)N[C@@H](CNC(=O)c1ccc(OCCNc2ncccn2)cc1O)C(=O)O. The van der Waals surface area contributed by atoms with E-state index in [2.05, 4.69) is 25.9 Å². The number of nitrogens with zero attached hydrogens (tertiary/aromatic N) is 2. The third-order valence-corrected chi connectivity index (χ3v) is 4.04. The Hall–Kier alpha value is -4.09. The second-order valence-corrected chi connectivity index (χ2v) is 7.26. The van der Waals surface area contributed by atoms with Crippen molar-refractivity contribution in [1.29, 1.82) is 0 Å². The third-order valence-electron chi connectivity index (χ3n) is 4.04. The molecule has 1 atom stereocenters. The zero-order valence-corrected chi connectivity index (χ0v) is 18.3. The van der Waals surface area contributed by atoms with Gasteiger partial charge in [-0.15, -0.1) is 0 Å². The standard InChI is InChI=1S/C21H27N5O7/c1-13(2)12-33-21(31)26-16(19(29)30)11-25-18(28)15-5-4-14(10-17(15)27)32-9-8-24-20-22-6-3-7-23-20/h3-7,10,13,16,27H,8-9,11-12H2,1-2H3,(H,25,28)(H,26,31)(H,29,30)(H,22,23,24)/t16-/m0/s1. The lowest BCUT2D eigenvalue weighted by Crippen LogP contribution is -2.48. The summed E-state index contributed by atoms with van der Waals surface area (Å²) >= 11 is 0. The molecule has 0 radical (unpaired) electrons. The van der Waals surface area contributed by atoms with Crippen molar-refractivity contribution in [3.63, 3.8) is 0 Å². The number of carbonyl (C=O) groups excluding carboxylic acids is 2. The summed E-state index contributed by atoms with van der Waals surface area (Å²) in [6.45, 7) is 4.06. The Labute approximate surface area is 190 Å². The van der Waals surface area contributed by atoms with Crippen molar-refractivity contribution in [1.82, 2.24) is 20.6 Å². The van der Waals surface area contributed by atoms with Gasteiger partial charge in [0.2, 0.25) is 5.95 Å². The fourth-order valence-electron chi connectivity index (χ4n) is 2.43. The van der Waals surface area contributed by atoms with E-state index in [4.69, 9.17) is 9.47 Å². The molecule has 2 aromatic rings. The summed E-state index contributed by atoms with van der Waals surface area (Å²) in [5.74, 6) is -1.54. The van der Waals surface area contributed by atoms with E-state index < -0.39 is 30.6 Å². The number of aromatic hydroxyl groups is 1. The molecule has 0 saturated heterocycles. The van der Waals surface area contributed by atoms with Crippen LogP contribution in [0.5, 0.6) is 11.5 Å². The lowest BCUT2D eigenvalue weighted by molar-refractivity contribution is -0.139. The van der Waals surface area contributed by atoms with Crippen LogP contribution in [0.1, 0.15) is 24.2 Å². The Balaban J connectivity index is 1.83. The first-order valence-corrected chi connectivity index (χ1v) is 10.2. The predicted molar refractivity (Wildman–Crippen MR) is 117 cm³/mol. The lowest BCUT2D eigenvalue weighted by atomic mass is 10.1. The number of alkyl carbamates (subject to hydrolysis) is 1. The van der Waals surface area contributed by atoms with Crippen LogP contribution in [-0.4, -0.2) is 70.5 Å². The molecule has 0 unspecified atom stereocenters. The molecule has 0 aliphatic carbocycles. The van der Waals surface area contributed by atoms with Gasteiger partial charge in [-0.05, 0) is 24.1 Å². The normalized spacial score (nSPS) is 11.4. The van der Waals surface area contributed by atoms with Crippen LogP contribution in [0.2, 0.25) is 0 Å². The molecule has 0 aliphatic heterocycles. The number of carbonyl (C=O) groups is 3. The van der Waals surface area contributed by atoms with Crippen LogP contribution in [0.3, 0.4) is 0 Å². The van der Waals surface area contributed by atoms with Gasteiger partial charge >= 0.3 is 12.1 Å². The number of nitrogens with one attached hydrogen (secondary N) is 3. The fourth-order valence-corrected chi connectivity index (χ4v) is 2.43. The van der Waals surface area contributed by atoms with E-state index in [1.165, 1.54) is 18.2 Å². The first kappa shape index (κ1) is 25.2. The number of anilines is 1. The van der Waals surface area contributed by atoms with E-state index in [-0.39, 0.29) is 30.4 Å². The number of aliphatic carboxylic acids is 1. The topological polar surface area (TPSA) is 172 Å². The van der Waals surface area contributed by atoms with Crippen LogP contribution in [0.4, 0.5) is 10.7 Å². The van der Waals surface area contributed by atoms with Crippen molar-refractivity contribution >= 4 is 23.9 Å². The number of hydrogen-bond acceptors (Lipinski definition) is 9. The molecule has 0 fully saturated rings. The average Bonchev–Trinajstić information content (AvgIpc) is 2.78. The highest BCUT2D eigenvalue weighted by Gasteiger charge is 2.22. The second-order valence-electron chi connectivity index (χ2n) is 7.26. The Morgan fingerprint density at radius 1 is 1.15 bits per heavy atom. The maximum Gasteiger partial charge on any atom is 0.407 e. The smallest absolute Gasteiger partial charge is 0.407 e. The molecule has 1 aromatic heterocycles. The van der Waals surface area contributed by atoms with Crippen LogP contribution in [0.15, 0.2) is 36.7 Å². The summed E-state index contributed by atoms with van der Waals surface area (Å²) in [6.07, 6.45) is 2.30. The van der Waals surface area contributed by atoms with Crippen molar-refractivity contribution in [2.24, 2.45) is 5.92 Å². The van der Waals surface area contributed by atoms with Gasteiger partial charge in [0.1, 0.15) is 24.1 Å². The lowest BCUT2D eigenvalue weighted by Gasteiger charge is -2.16. The third kappa shape index (κ3) is 8.89. The van der Waals surface area contributed by atoms with Crippen molar-refractivity contribution in [3.05, 3.63) is 42.2 Å². The van der Waals surface area contributed by atoms with Gasteiger partial charge in [0.15, 0.2) is 0 Å². The van der Waals surface area contributed by atoms with Crippen LogP contribution >= 0.6 is 0 Å². The van der Waals surface area contributed by atoms with Gasteiger partial charge in [-0.25, -0.2) is 19.6 Å². The largest absolute Gasteiger partial charge is 0.507 e. The first-order chi connectivity index (χ1) is 15.8. The maximum atomic E-state index is 12.3.